The molecule has 1 aliphatic carbocycles. The first kappa shape index (κ1) is 14.7. The Labute approximate surface area is 117 Å². The van der Waals surface area contributed by atoms with E-state index >= 15 is 0 Å². The number of nitrogens with one attached hydrogen (secondary N) is 1. The summed E-state index contributed by atoms with van der Waals surface area (Å²) in [5.74, 6) is 1.32. The Morgan fingerprint density at radius 1 is 1.28 bits per heavy atom. The first-order valence-corrected chi connectivity index (χ1v) is 8.78. The summed E-state index contributed by atoms with van der Waals surface area (Å²) in [6.45, 7) is 12.0. The van der Waals surface area contributed by atoms with Gasteiger partial charge in [0, 0.05) is 36.7 Å². The van der Waals surface area contributed by atoms with Gasteiger partial charge in [-0.3, -0.25) is 4.90 Å². The Kier molecular flexibility index (Phi) is 5.40. The van der Waals surface area contributed by atoms with Crippen LogP contribution in [0.25, 0.3) is 0 Å². The number of thioether (sulfide) groups is 1. The molecule has 106 valence electrons. The van der Waals surface area contributed by atoms with Crippen LogP contribution in [0.4, 0.5) is 0 Å². The lowest BCUT2D eigenvalue weighted by Gasteiger charge is -2.43. The number of hydrogen-bond donors (Lipinski definition) is 1. The van der Waals surface area contributed by atoms with Crippen molar-refractivity contribution in [3.8, 4) is 0 Å². The summed E-state index contributed by atoms with van der Waals surface area (Å²) in [7, 11) is 0. The minimum atomic E-state index is 0.575. The van der Waals surface area contributed by atoms with Crippen LogP contribution in [-0.2, 0) is 0 Å². The Bertz CT molecular complexity index is 251. The highest BCUT2D eigenvalue weighted by Crippen LogP contribution is 2.39. The summed E-state index contributed by atoms with van der Waals surface area (Å²) in [4.78, 5) is 2.77. The van der Waals surface area contributed by atoms with Crippen molar-refractivity contribution in [3.05, 3.63) is 0 Å². The van der Waals surface area contributed by atoms with Crippen LogP contribution in [0.1, 0.15) is 46.5 Å². The lowest BCUT2D eigenvalue weighted by molar-refractivity contribution is 0.118. The van der Waals surface area contributed by atoms with Gasteiger partial charge in [-0.1, -0.05) is 26.7 Å². The predicted octanol–water partition coefficient (Wildman–Crippen LogP) is 2.98. The van der Waals surface area contributed by atoms with Crippen molar-refractivity contribution in [2.45, 2.75) is 57.7 Å². The second-order valence-corrected chi connectivity index (χ2v) is 7.76. The third kappa shape index (κ3) is 3.43. The second-order valence-electron chi connectivity index (χ2n) is 6.27. The molecule has 0 bridgehead atoms. The molecule has 0 aromatic carbocycles. The molecule has 3 heteroatoms. The Morgan fingerprint density at radius 3 is 2.67 bits per heavy atom. The zero-order valence-corrected chi connectivity index (χ0v) is 13.2. The molecule has 1 saturated heterocycles. The highest BCUT2D eigenvalue weighted by atomic mass is 32.2. The van der Waals surface area contributed by atoms with Crippen LogP contribution < -0.4 is 5.32 Å². The van der Waals surface area contributed by atoms with Gasteiger partial charge in [0.15, 0.2) is 0 Å². The van der Waals surface area contributed by atoms with Crippen LogP contribution in [0.5, 0.6) is 0 Å². The van der Waals surface area contributed by atoms with Crippen LogP contribution >= 0.6 is 11.8 Å². The molecule has 0 amide bonds. The van der Waals surface area contributed by atoms with E-state index in [1.165, 1.54) is 51.1 Å². The summed E-state index contributed by atoms with van der Waals surface area (Å²) in [5, 5.41) is 4.42. The van der Waals surface area contributed by atoms with Gasteiger partial charge >= 0.3 is 0 Å². The van der Waals surface area contributed by atoms with Gasteiger partial charge in [0.1, 0.15) is 0 Å². The molecule has 1 N–H and O–H groups in total. The monoisotopic (exact) mass is 270 g/mol. The fourth-order valence-corrected chi connectivity index (χ4v) is 4.72. The van der Waals surface area contributed by atoms with E-state index in [0.717, 1.165) is 17.8 Å². The van der Waals surface area contributed by atoms with Crippen molar-refractivity contribution in [3.63, 3.8) is 0 Å². The standard InChI is InChI=1S/C15H30N2S/c1-4-16-11-15(7-5-6-8-15)12-17-9-10-18-14(3)13(17)2/h13-14,16H,4-12H2,1-3H3. The van der Waals surface area contributed by atoms with Gasteiger partial charge in [-0.15, -0.1) is 0 Å². The second kappa shape index (κ2) is 6.62. The average Bonchev–Trinajstić information content (AvgIpc) is 2.82. The molecule has 2 unspecified atom stereocenters. The fraction of sp³-hybridized carbons (Fsp3) is 1.00. The van der Waals surface area contributed by atoms with Gasteiger partial charge in [0.2, 0.25) is 0 Å². The normalized spacial score (nSPS) is 32.8. The molecule has 2 nitrogen and oxygen atoms in total. The van der Waals surface area contributed by atoms with Gasteiger partial charge < -0.3 is 5.32 Å². The fourth-order valence-electron chi connectivity index (χ4n) is 3.56. The lowest BCUT2D eigenvalue weighted by Crippen LogP contribution is -2.51. The summed E-state index contributed by atoms with van der Waals surface area (Å²) >= 11 is 2.15. The molecule has 1 saturated carbocycles. The van der Waals surface area contributed by atoms with E-state index in [1.54, 1.807) is 0 Å². The number of rotatable bonds is 5. The summed E-state index contributed by atoms with van der Waals surface area (Å²) in [6, 6.07) is 0.753. The molecular weight excluding hydrogens is 240 g/mol. The van der Waals surface area contributed by atoms with E-state index in [0.29, 0.717) is 5.41 Å². The molecule has 2 fully saturated rings. The van der Waals surface area contributed by atoms with Gasteiger partial charge in [0.25, 0.3) is 0 Å². The van der Waals surface area contributed by atoms with E-state index in [-0.39, 0.29) is 0 Å². The van der Waals surface area contributed by atoms with E-state index in [4.69, 9.17) is 0 Å². The minimum Gasteiger partial charge on any atom is -0.316 e. The zero-order chi connectivity index (χ0) is 13.0. The molecule has 1 heterocycles. The smallest absolute Gasteiger partial charge is 0.0184 e. The molecule has 1 aliphatic heterocycles. The zero-order valence-electron chi connectivity index (χ0n) is 12.4. The predicted molar refractivity (Wildman–Crippen MR) is 82.4 cm³/mol. The Balaban J connectivity index is 1.95. The molecular formula is C15H30N2S. The number of hydrogen-bond acceptors (Lipinski definition) is 3. The van der Waals surface area contributed by atoms with Crippen molar-refractivity contribution < 1.29 is 0 Å². The van der Waals surface area contributed by atoms with Gasteiger partial charge in [-0.25, -0.2) is 0 Å². The van der Waals surface area contributed by atoms with Crippen LogP contribution in [0.2, 0.25) is 0 Å². The highest BCUT2D eigenvalue weighted by molar-refractivity contribution is 8.00. The van der Waals surface area contributed by atoms with Gasteiger partial charge in [-0.2, -0.15) is 11.8 Å². The molecule has 0 radical (unpaired) electrons. The summed E-state index contributed by atoms with van der Waals surface area (Å²) in [6.07, 6.45) is 5.76. The van der Waals surface area contributed by atoms with Crippen molar-refractivity contribution in [1.29, 1.82) is 0 Å². The first-order chi connectivity index (χ1) is 8.67. The van der Waals surface area contributed by atoms with Crippen LogP contribution in [0, 0.1) is 5.41 Å². The topological polar surface area (TPSA) is 15.3 Å². The summed E-state index contributed by atoms with van der Waals surface area (Å²) < 4.78 is 0. The molecule has 0 spiro atoms. The molecule has 18 heavy (non-hydrogen) atoms. The molecule has 2 rings (SSSR count). The van der Waals surface area contributed by atoms with Crippen molar-refractivity contribution in [1.82, 2.24) is 10.2 Å². The minimum absolute atomic E-state index is 0.575. The van der Waals surface area contributed by atoms with Crippen LogP contribution in [-0.4, -0.2) is 48.1 Å². The summed E-state index contributed by atoms with van der Waals surface area (Å²) in [5.41, 5.74) is 0.575. The molecule has 0 aromatic heterocycles. The van der Waals surface area contributed by atoms with Crippen LogP contribution in [0.15, 0.2) is 0 Å². The van der Waals surface area contributed by atoms with Crippen molar-refractivity contribution >= 4 is 11.8 Å². The SMILES string of the molecule is CCNCC1(CN2CCSC(C)C2C)CCCC1. The van der Waals surface area contributed by atoms with E-state index in [2.05, 4.69) is 42.7 Å². The van der Waals surface area contributed by atoms with Gasteiger partial charge in [0.05, 0.1) is 0 Å². The highest BCUT2D eigenvalue weighted by Gasteiger charge is 2.37. The first-order valence-electron chi connectivity index (χ1n) is 7.73. The van der Waals surface area contributed by atoms with E-state index in [9.17, 15) is 0 Å². The van der Waals surface area contributed by atoms with E-state index < -0.39 is 0 Å². The van der Waals surface area contributed by atoms with E-state index in [1.807, 2.05) is 0 Å². The molecule has 0 aromatic rings. The number of nitrogens with zero attached hydrogens (tertiary/aromatic N) is 1. The molecule has 2 aliphatic rings. The quantitative estimate of drug-likeness (QED) is 0.827. The average molecular weight is 270 g/mol. The third-order valence-corrected chi connectivity index (χ3v) is 6.31. The van der Waals surface area contributed by atoms with Crippen molar-refractivity contribution in [2.75, 3.05) is 31.9 Å². The maximum atomic E-state index is 3.61. The maximum Gasteiger partial charge on any atom is 0.0184 e. The Morgan fingerprint density at radius 2 is 2.00 bits per heavy atom. The third-order valence-electron chi connectivity index (χ3n) is 4.97. The lowest BCUT2D eigenvalue weighted by atomic mass is 9.84. The molecule has 2 atom stereocenters. The maximum absolute atomic E-state index is 3.61. The largest absolute Gasteiger partial charge is 0.316 e. The van der Waals surface area contributed by atoms with Gasteiger partial charge in [-0.05, 0) is 31.7 Å². The Hall–Kier alpha value is 0.270. The van der Waals surface area contributed by atoms with Crippen molar-refractivity contribution in [2.24, 2.45) is 5.41 Å². The van der Waals surface area contributed by atoms with Crippen LogP contribution in [0.3, 0.4) is 0 Å².